The average molecular weight is 687 g/mol. The highest BCUT2D eigenvalue weighted by Crippen LogP contribution is 2.30. The number of carbonyl (C=O) groups excluding carboxylic acids is 2. The molecular formula is C34H34Cl3N3O4S. The first-order valence-electron chi connectivity index (χ1n) is 14.3. The average Bonchev–Trinajstić information content (AvgIpc) is 2.99. The quantitative estimate of drug-likeness (QED) is 0.169. The molecule has 0 spiro atoms. The molecule has 2 amide bonds. The van der Waals surface area contributed by atoms with Gasteiger partial charge in [-0.1, -0.05) is 95.0 Å². The topological polar surface area (TPSA) is 86.8 Å². The Bertz CT molecular complexity index is 1730. The van der Waals surface area contributed by atoms with Crippen LogP contribution >= 0.6 is 34.8 Å². The molecule has 236 valence electrons. The summed E-state index contributed by atoms with van der Waals surface area (Å²) in [5.41, 5.74) is 2.31. The zero-order valence-corrected chi connectivity index (χ0v) is 28.2. The van der Waals surface area contributed by atoms with Crippen LogP contribution in [0.1, 0.15) is 30.5 Å². The van der Waals surface area contributed by atoms with Crippen molar-refractivity contribution in [2.75, 3.05) is 10.8 Å². The third-order valence-corrected chi connectivity index (χ3v) is 9.81. The number of halogens is 3. The fourth-order valence-electron chi connectivity index (χ4n) is 4.79. The summed E-state index contributed by atoms with van der Waals surface area (Å²) in [6.07, 6.45) is 0.162. The largest absolute Gasteiger partial charge is 0.352 e. The number of amides is 2. The van der Waals surface area contributed by atoms with Gasteiger partial charge >= 0.3 is 0 Å². The van der Waals surface area contributed by atoms with E-state index in [1.54, 1.807) is 48.5 Å². The van der Waals surface area contributed by atoms with E-state index in [0.717, 1.165) is 15.4 Å². The van der Waals surface area contributed by atoms with Crippen LogP contribution in [-0.2, 0) is 32.6 Å². The van der Waals surface area contributed by atoms with Gasteiger partial charge in [-0.15, -0.1) is 0 Å². The minimum absolute atomic E-state index is 0.0000369. The van der Waals surface area contributed by atoms with Crippen molar-refractivity contribution >= 4 is 62.3 Å². The number of nitrogens with one attached hydrogen (secondary N) is 1. The van der Waals surface area contributed by atoms with Crippen LogP contribution in [0.15, 0.2) is 102 Å². The summed E-state index contributed by atoms with van der Waals surface area (Å²) < 4.78 is 29.2. The molecule has 4 aromatic carbocycles. The van der Waals surface area contributed by atoms with Gasteiger partial charge in [-0.2, -0.15) is 0 Å². The third-order valence-electron chi connectivity index (χ3n) is 7.08. The predicted molar refractivity (Wildman–Crippen MR) is 181 cm³/mol. The summed E-state index contributed by atoms with van der Waals surface area (Å²) in [4.78, 5) is 29.7. The summed E-state index contributed by atoms with van der Waals surface area (Å²) in [6, 6.07) is 25.6. The molecule has 1 N–H and O–H groups in total. The molecule has 7 nitrogen and oxygen atoms in total. The van der Waals surface area contributed by atoms with Crippen molar-refractivity contribution in [3.8, 4) is 0 Å². The van der Waals surface area contributed by atoms with Crippen molar-refractivity contribution in [3.63, 3.8) is 0 Å². The van der Waals surface area contributed by atoms with Gasteiger partial charge in [0.25, 0.3) is 10.0 Å². The molecule has 11 heteroatoms. The Morgan fingerprint density at radius 1 is 0.822 bits per heavy atom. The second-order valence-corrected chi connectivity index (χ2v) is 14.0. The zero-order chi connectivity index (χ0) is 32.7. The Balaban J connectivity index is 1.84. The van der Waals surface area contributed by atoms with Gasteiger partial charge in [0.2, 0.25) is 11.8 Å². The van der Waals surface area contributed by atoms with Crippen molar-refractivity contribution in [2.45, 2.75) is 50.7 Å². The number of sulfonamides is 1. The first kappa shape index (κ1) is 34.3. The summed E-state index contributed by atoms with van der Waals surface area (Å²) >= 11 is 19.4. The van der Waals surface area contributed by atoms with E-state index in [9.17, 15) is 18.0 Å². The Morgan fingerprint density at radius 3 is 2.04 bits per heavy atom. The molecule has 0 aliphatic rings. The van der Waals surface area contributed by atoms with Gasteiger partial charge in [-0.3, -0.25) is 13.9 Å². The smallest absolute Gasteiger partial charge is 0.264 e. The van der Waals surface area contributed by atoms with E-state index >= 15 is 0 Å². The number of hydrogen-bond acceptors (Lipinski definition) is 4. The van der Waals surface area contributed by atoms with Gasteiger partial charge in [0.15, 0.2) is 0 Å². The predicted octanol–water partition coefficient (Wildman–Crippen LogP) is 7.32. The van der Waals surface area contributed by atoms with Crippen molar-refractivity contribution in [1.29, 1.82) is 0 Å². The van der Waals surface area contributed by atoms with Crippen molar-refractivity contribution in [3.05, 3.63) is 129 Å². The van der Waals surface area contributed by atoms with Crippen LogP contribution in [0.2, 0.25) is 15.1 Å². The van der Waals surface area contributed by atoms with E-state index in [0.29, 0.717) is 20.6 Å². The van der Waals surface area contributed by atoms with E-state index in [1.165, 1.54) is 23.1 Å². The van der Waals surface area contributed by atoms with Crippen molar-refractivity contribution in [2.24, 2.45) is 0 Å². The molecule has 4 aromatic rings. The fourth-order valence-corrected chi connectivity index (χ4v) is 6.89. The zero-order valence-electron chi connectivity index (χ0n) is 25.1. The molecule has 0 heterocycles. The van der Waals surface area contributed by atoms with Crippen molar-refractivity contribution < 1.29 is 18.0 Å². The fraction of sp³-hybridized carbons (Fsp3) is 0.235. The number of rotatable bonds is 12. The second kappa shape index (κ2) is 15.1. The Morgan fingerprint density at radius 2 is 1.44 bits per heavy atom. The molecule has 0 aliphatic carbocycles. The molecule has 0 unspecified atom stereocenters. The molecule has 0 saturated carbocycles. The van der Waals surface area contributed by atoms with Gasteiger partial charge in [-0.05, 0) is 68.8 Å². The van der Waals surface area contributed by atoms with Gasteiger partial charge in [0.1, 0.15) is 12.6 Å². The van der Waals surface area contributed by atoms with Crippen LogP contribution in [0.3, 0.4) is 0 Å². The number of nitrogens with zero attached hydrogens (tertiary/aromatic N) is 2. The Labute approximate surface area is 279 Å². The lowest BCUT2D eigenvalue weighted by atomic mass is 10.0. The van der Waals surface area contributed by atoms with Gasteiger partial charge in [0.05, 0.1) is 10.6 Å². The summed E-state index contributed by atoms with van der Waals surface area (Å²) in [7, 11) is -4.25. The first-order valence-corrected chi connectivity index (χ1v) is 16.9. The van der Waals surface area contributed by atoms with Gasteiger partial charge in [-0.25, -0.2) is 8.42 Å². The third kappa shape index (κ3) is 8.79. The molecule has 0 bridgehead atoms. The number of aryl methyl sites for hydroxylation is 1. The number of benzene rings is 4. The maximum absolute atomic E-state index is 14.5. The number of carbonyl (C=O) groups is 2. The van der Waals surface area contributed by atoms with Crippen molar-refractivity contribution in [1.82, 2.24) is 10.2 Å². The number of hydrogen-bond donors (Lipinski definition) is 1. The van der Waals surface area contributed by atoms with Crippen LogP contribution < -0.4 is 9.62 Å². The SMILES string of the molecule is Cc1ccc(S(=O)(=O)N(CC(=O)N(Cc2c(Cl)cccc2Cl)[C@@H](Cc2ccccc2)C(=O)NC(C)C)c2cccc(Cl)c2)cc1. The normalized spacial score (nSPS) is 12.1. The molecule has 45 heavy (non-hydrogen) atoms. The molecule has 0 saturated heterocycles. The Hall–Kier alpha value is -3.56. The van der Waals surface area contributed by atoms with Crippen LogP contribution in [0, 0.1) is 6.92 Å². The molecule has 0 fully saturated rings. The Kier molecular flexibility index (Phi) is 11.6. The second-order valence-electron chi connectivity index (χ2n) is 10.9. The maximum Gasteiger partial charge on any atom is 0.264 e. The first-order chi connectivity index (χ1) is 21.4. The summed E-state index contributed by atoms with van der Waals surface area (Å²) in [5.74, 6) is -1.04. The minimum Gasteiger partial charge on any atom is -0.352 e. The van der Waals surface area contributed by atoms with E-state index in [4.69, 9.17) is 34.8 Å². The summed E-state index contributed by atoms with van der Waals surface area (Å²) in [6.45, 7) is 4.72. The van der Waals surface area contributed by atoms with E-state index in [-0.39, 0.29) is 29.6 Å². The highest BCUT2D eigenvalue weighted by molar-refractivity contribution is 7.92. The van der Waals surface area contributed by atoms with Crippen LogP contribution in [0.5, 0.6) is 0 Å². The lowest BCUT2D eigenvalue weighted by Crippen LogP contribution is -2.54. The van der Waals surface area contributed by atoms with E-state index < -0.39 is 34.4 Å². The highest BCUT2D eigenvalue weighted by Gasteiger charge is 2.35. The summed E-state index contributed by atoms with van der Waals surface area (Å²) in [5, 5.41) is 3.83. The molecular weight excluding hydrogens is 653 g/mol. The van der Waals surface area contributed by atoms with E-state index in [2.05, 4.69) is 5.32 Å². The molecule has 4 rings (SSSR count). The highest BCUT2D eigenvalue weighted by atomic mass is 35.5. The van der Waals surface area contributed by atoms with E-state index in [1.807, 2.05) is 51.1 Å². The van der Waals surface area contributed by atoms with Gasteiger partial charge < -0.3 is 10.2 Å². The van der Waals surface area contributed by atoms with Crippen LogP contribution in [-0.4, -0.2) is 43.8 Å². The molecule has 0 radical (unpaired) electrons. The molecule has 0 aromatic heterocycles. The minimum atomic E-state index is -4.25. The van der Waals surface area contributed by atoms with Gasteiger partial charge in [0, 0.05) is 39.6 Å². The molecule has 0 aliphatic heterocycles. The van der Waals surface area contributed by atoms with Crippen LogP contribution in [0.25, 0.3) is 0 Å². The lowest BCUT2D eigenvalue weighted by molar-refractivity contribution is -0.140. The van der Waals surface area contributed by atoms with Crippen LogP contribution in [0.4, 0.5) is 5.69 Å². The maximum atomic E-state index is 14.5. The molecule has 1 atom stereocenters. The lowest BCUT2D eigenvalue weighted by Gasteiger charge is -2.34. The monoisotopic (exact) mass is 685 g/mol. The standard InChI is InChI=1S/C34H34Cl3N3O4S/c1-23(2)38-34(42)32(19-25-9-5-4-6-10-25)39(21-29-30(36)13-8-14-31(29)37)33(41)22-40(27-12-7-11-26(35)20-27)45(43,44)28-17-15-24(3)16-18-28/h4-18,20,23,32H,19,21-22H2,1-3H3,(H,38,42)/t32-/m0/s1. The number of anilines is 1.